The first kappa shape index (κ1) is 72.8. The molecule has 0 spiro atoms. The smallest absolute Gasteiger partial charge is 0.123 e. The van der Waals surface area contributed by atoms with Crippen LogP contribution in [0.5, 0.6) is 17.2 Å². The van der Waals surface area contributed by atoms with E-state index in [4.69, 9.17) is 0 Å². The Bertz CT molecular complexity index is 2210. The Hall–Kier alpha value is -3.72. The van der Waals surface area contributed by atoms with Crippen molar-refractivity contribution in [3.8, 4) is 17.2 Å². The fraction of sp³-hybridized carbons (Fsp3) is 0.704. The summed E-state index contributed by atoms with van der Waals surface area (Å²) >= 11 is 0. The van der Waals surface area contributed by atoms with Crippen LogP contribution in [0.25, 0.3) is 0 Å². The van der Waals surface area contributed by atoms with Gasteiger partial charge in [-0.25, -0.2) is 0 Å². The molecule has 3 N–H and O–H groups in total. The minimum Gasteiger partial charge on any atom is -0.507 e. The fourth-order valence-corrected chi connectivity index (χ4v) is 13.5. The van der Waals surface area contributed by atoms with Crippen molar-refractivity contribution in [1.29, 1.82) is 0 Å². The molecule has 0 saturated carbocycles. The maximum Gasteiger partial charge on any atom is 0.123 e. The quantitative estimate of drug-likeness (QED) is 0.0417. The Labute approximate surface area is 520 Å². The largest absolute Gasteiger partial charge is 0.507 e. The molecule has 0 bridgehead atoms. The lowest BCUT2D eigenvalue weighted by Gasteiger charge is -2.29. The van der Waals surface area contributed by atoms with E-state index in [0.717, 1.165) is 71.9 Å². The van der Waals surface area contributed by atoms with Crippen LogP contribution in [0.4, 0.5) is 0 Å². The number of phenolic OH excluding ortho intramolecular Hbond substituents is 3. The summed E-state index contributed by atoms with van der Waals surface area (Å²) in [5.74, 6) is 1.46. The Kier molecular flexibility index (Phi) is 28.1. The van der Waals surface area contributed by atoms with Gasteiger partial charge in [0, 0.05) is 0 Å². The maximum absolute atomic E-state index is 11.6. The van der Waals surface area contributed by atoms with E-state index in [9.17, 15) is 15.3 Å². The second kappa shape index (κ2) is 32.5. The molecule has 0 saturated heterocycles. The van der Waals surface area contributed by atoms with Gasteiger partial charge in [-0.05, 0) is 232 Å². The number of benzene rings is 4. The highest BCUT2D eigenvalue weighted by Crippen LogP contribution is 2.44. The first-order valence-electron chi connectivity index (χ1n) is 34.9. The third-order valence-electron chi connectivity index (χ3n) is 18.6. The minimum atomic E-state index is -0.128. The van der Waals surface area contributed by atoms with Crippen molar-refractivity contribution in [2.45, 2.75) is 371 Å². The number of hydrogen-bond donors (Lipinski definition) is 3. The van der Waals surface area contributed by atoms with Gasteiger partial charge in [0.1, 0.15) is 17.2 Å². The average molecular weight is 1150 g/mol. The zero-order chi connectivity index (χ0) is 62.8. The molecular formula is C81H132O3. The molecule has 0 aromatic heterocycles. The Balaban J connectivity index is 1.84. The van der Waals surface area contributed by atoms with E-state index in [0.29, 0.717) is 17.2 Å². The lowest BCUT2D eigenvalue weighted by Crippen LogP contribution is -2.18. The molecule has 0 atom stereocenters. The van der Waals surface area contributed by atoms with E-state index in [1.807, 2.05) is 0 Å². The zero-order valence-corrected chi connectivity index (χ0v) is 59.0. The summed E-state index contributed by atoms with van der Waals surface area (Å²) < 4.78 is 0. The van der Waals surface area contributed by atoms with Crippen LogP contribution in [0, 0.1) is 0 Å². The first-order valence-corrected chi connectivity index (χ1v) is 34.9. The van der Waals surface area contributed by atoms with Crippen LogP contribution in [-0.4, -0.2) is 15.3 Å². The number of unbranched alkanes of at least 4 members (excludes halogenated alkanes) is 15. The third-order valence-corrected chi connectivity index (χ3v) is 18.6. The Morgan fingerprint density at radius 2 is 0.357 bits per heavy atom. The van der Waals surface area contributed by atoms with Crippen molar-refractivity contribution >= 4 is 0 Å². The molecule has 3 heteroatoms. The van der Waals surface area contributed by atoms with E-state index in [1.165, 1.54) is 171 Å². The summed E-state index contributed by atoms with van der Waals surface area (Å²) in [6.45, 7) is 47.4. The van der Waals surface area contributed by atoms with E-state index in [1.54, 1.807) is 33.4 Å². The molecular weight excluding hydrogens is 1020 g/mol. The van der Waals surface area contributed by atoms with E-state index >= 15 is 0 Å². The van der Waals surface area contributed by atoms with Gasteiger partial charge in [-0.15, -0.1) is 0 Å². The van der Waals surface area contributed by atoms with Gasteiger partial charge in [0.25, 0.3) is 0 Å². The molecule has 0 aliphatic heterocycles. The van der Waals surface area contributed by atoms with Crippen molar-refractivity contribution in [2.75, 3.05) is 0 Å². The summed E-state index contributed by atoms with van der Waals surface area (Å²) in [4.78, 5) is 0. The lowest BCUT2D eigenvalue weighted by molar-refractivity contribution is 0.421. The van der Waals surface area contributed by atoms with Crippen LogP contribution >= 0.6 is 0 Å². The minimum absolute atomic E-state index is 0.128. The van der Waals surface area contributed by atoms with Crippen molar-refractivity contribution < 1.29 is 15.3 Å². The van der Waals surface area contributed by atoms with Crippen LogP contribution in [0.15, 0.2) is 36.4 Å². The van der Waals surface area contributed by atoms with Gasteiger partial charge < -0.3 is 15.3 Å². The Morgan fingerprint density at radius 3 is 0.500 bits per heavy atom. The van der Waals surface area contributed by atoms with Crippen LogP contribution in [0.1, 0.15) is 364 Å². The molecule has 0 aliphatic carbocycles. The van der Waals surface area contributed by atoms with Crippen molar-refractivity contribution in [3.63, 3.8) is 0 Å². The van der Waals surface area contributed by atoms with E-state index in [2.05, 4.69) is 182 Å². The molecule has 84 heavy (non-hydrogen) atoms. The highest BCUT2D eigenvalue weighted by Gasteiger charge is 2.30. The zero-order valence-electron chi connectivity index (χ0n) is 59.0. The van der Waals surface area contributed by atoms with Crippen molar-refractivity contribution in [3.05, 3.63) is 120 Å². The van der Waals surface area contributed by atoms with Crippen molar-refractivity contribution in [1.82, 2.24) is 0 Å². The number of phenols is 3. The molecule has 0 amide bonds. The van der Waals surface area contributed by atoms with Gasteiger partial charge in [0.15, 0.2) is 0 Å². The maximum atomic E-state index is 11.6. The summed E-state index contributed by atoms with van der Waals surface area (Å²) in [6, 6.07) is 13.9. The molecule has 474 valence electrons. The average Bonchev–Trinajstić information content (AvgIpc) is 1.89. The number of aryl methyl sites for hydroxylation is 3. The number of aromatic hydroxyl groups is 3. The van der Waals surface area contributed by atoms with E-state index in [-0.39, 0.29) is 32.5 Å². The first-order chi connectivity index (χ1) is 39.2. The molecule has 4 aromatic carbocycles. The van der Waals surface area contributed by atoms with Crippen LogP contribution in [0.3, 0.4) is 0 Å². The van der Waals surface area contributed by atoms with Gasteiger partial charge in [-0.2, -0.15) is 0 Å². The molecule has 0 aliphatic rings. The SMILES string of the molecule is CCCCCCc1c(CCCCCc2cc(C(C)(C)C)c(O)c(C(C)(C)C)c2)c(CCCCCC)c(CCCCCc2cc(C(C)(C)C)c(O)c(C(C)(C)C)c2)c(CCCCCC)c1CCCCCc1cc(C(C)(C)C)c(O)c(C(C)(C)C)c1. The van der Waals surface area contributed by atoms with Gasteiger partial charge in [0.05, 0.1) is 0 Å². The fourth-order valence-electron chi connectivity index (χ4n) is 13.5. The van der Waals surface area contributed by atoms with Crippen LogP contribution < -0.4 is 0 Å². The molecule has 0 fully saturated rings. The standard InChI is InChI=1S/C81H132O3/c1-22-25-28-37-46-61-64(49-40-31-34-43-58-52-67(76(4,5)6)73(82)68(53-58)77(7,8)9)62(47-38-29-26-23-2)66(51-42-33-36-45-60-56-71(80(16,17)18)75(84)72(57-60)81(19,20)21)63(48-39-30-27-24-3)65(61)50-41-32-35-44-59-54-69(78(10,11)12)74(83)70(55-59)79(13,14)15/h52-57,82-84H,22-51H2,1-21H3. The monoisotopic (exact) mass is 1150 g/mol. The second-order valence-electron chi connectivity index (χ2n) is 32.6. The number of rotatable bonds is 33. The Morgan fingerprint density at radius 1 is 0.214 bits per heavy atom. The van der Waals surface area contributed by atoms with Gasteiger partial charge >= 0.3 is 0 Å². The number of hydrogen-bond acceptors (Lipinski definition) is 3. The molecule has 0 heterocycles. The topological polar surface area (TPSA) is 60.7 Å². The summed E-state index contributed by atoms with van der Waals surface area (Å²) in [5, 5.41) is 34.7. The summed E-state index contributed by atoms with van der Waals surface area (Å²) in [6.07, 6.45) is 36.6. The predicted octanol–water partition coefficient (Wildman–Crippen LogP) is 23.8. The summed E-state index contributed by atoms with van der Waals surface area (Å²) in [7, 11) is 0. The molecule has 4 rings (SSSR count). The molecule has 0 radical (unpaired) electrons. The van der Waals surface area contributed by atoms with Crippen molar-refractivity contribution in [2.24, 2.45) is 0 Å². The van der Waals surface area contributed by atoms with Gasteiger partial charge in [-0.1, -0.05) is 259 Å². The molecule has 0 unspecified atom stereocenters. The van der Waals surface area contributed by atoms with Crippen LogP contribution in [0.2, 0.25) is 0 Å². The van der Waals surface area contributed by atoms with Gasteiger partial charge in [0.2, 0.25) is 0 Å². The molecule has 4 aromatic rings. The third kappa shape index (κ3) is 21.8. The highest BCUT2D eigenvalue weighted by molar-refractivity contribution is 5.55. The second-order valence-corrected chi connectivity index (χ2v) is 32.6. The normalized spacial score (nSPS) is 13.0. The predicted molar refractivity (Wildman–Crippen MR) is 370 cm³/mol. The summed E-state index contributed by atoms with van der Waals surface area (Å²) in [5.41, 5.74) is 20.4. The molecule has 3 nitrogen and oxygen atoms in total. The highest BCUT2D eigenvalue weighted by atomic mass is 16.3. The van der Waals surface area contributed by atoms with Crippen LogP contribution in [-0.2, 0) is 90.3 Å². The van der Waals surface area contributed by atoms with E-state index < -0.39 is 0 Å². The van der Waals surface area contributed by atoms with Gasteiger partial charge in [-0.3, -0.25) is 0 Å². The lowest BCUT2D eigenvalue weighted by atomic mass is 9.76.